The second kappa shape index (κ2) is 9.26. The Bertz CT molecular complexity index is 1460. The summed E-state index contributed by atoms with van der Waals surface area (Å²) in [5, 5.41) is 11.4. The van der Waals surface area contributed by atoms with Crippen molar-refractivity contribution in [2.75, 3.05) is 6.54 Å². The van der Waals surface area contributed by atoms with E-state index in [0.717, 1.165) is 46.1 Å². The summed E-state index contributed by atoms with van der Waals surface area (Å²) in [7, 11) is -3.72. The summed E-state index contributed by atoms with van der Waals surface area (Å²) in [6, 6.07) is 21.5. The minimum Gasteiger partial charge on any atom is -0.393 e. The lowest BCUT2D eigenvalue weighted by molar-refractivity contribution is 0.0365. The van der Waals surface area contributed by atoms with Crippen molar-refractivity contribution in [3.63, 3.8) is 0 Å². The van der Waals surface area contributed by atoms with Crippen molar-refractivity contribution in [2.24, 2.45) is 0 Å². The predicted octanol–water partition coefficient (Wildman–Crippen LogP) is 5.50. The Labute approximate surface area is 207 Å². The van der Waals surface area contributed by atoms with Gasteiger partial charge >= 0.3 is 0 Å². The Hall–Kier alpha value is -2.93. The Kier molecular flexibility index (Phi) is 6.30. The summed E-state index contributed by atoms with van der Waals surface area (Å²) in [5.74, 6) is 0. The molecule has 1 aliphatic heterocycles. The van der Waals surface area contributed by atoms with Gasteiger partial charge in [-0.15, -0.1) is 0 Å². The van der Waals surface area contributed by atoms with Crippen LogP contribution in [0.2, 0.25) is 0 Å². The lowest BCUT2D eigenvalue weighted by Crippen LogP contribution is -2.38. The van der Waals surface area contributed by atoms with Crippen LogP contribution in [0.3, 0.4) is 0 Å². The van der Waals surface area contributed by atoms with E-state index in [1.54, 1.807) is 18.3 Å². The van der Waals surface area contributed by atoms with E-state index < -0.39 is 10.0 Å². The minimum absolute atomic E-state index is 0.120. The van der Waals surface area contributed by atoms with Gasteiger partial charge in [0.2, 0.25) is 0 Å². The van der Waals surface area contributed by atoms with Gasteiger partial charge in [-0.3, -0.25) is 4.90 Å². The number of nitrogens with zero attached hydrogens (tertiary/aromatic N) is 2. The van der Waals surface area contributed by atoms with Crippen LogP contribution in [0, 0.1) is 20.8 Å². The number of rotatable bonds is 5. The minimum atomic E-state index is -3.72. The first-order valence-electron chi connectivity index (χ1n) is 12.1. The fourth-order valence-corrected chi connectivity index (χ4v) is 6.79. The number of likely N-dealkylation sites (tertiary alicyclic amines) is 1. The molecule has 0 radical (unpaired) electrons. The van der Waals surface area contributed by atoms with Gasteiger partial charge in [-0.1, -0.05) is 54.1 Å². The van der Waals surface area contributed by atoms with Gasteiger partial charge in [-0.05, 0) is 74.1 Å². The number of aromatic nitrogens is 1. The molecule has 182 valence electrons. The second-order valence-corrected chi connectivity index (χ2v) is 11.6. The van der Waals surface area contributed by atoms with E-state index in [4.69, 9.17) is 0 Å². The van der Waals surface area contributed by atoms with E-state index in [2.05, 4.69) is 30.0 Å². The molecule has 1 aliphatic rings. The molecule has 1 fully saturated rings. The number of piperidine rings is 1. The van der Waals surface area contributed by atoms with Gasteiger partial charge in [0.05, 0.1) is 16.5 Å². The number of hydrogen-bond donors (Lipinski definition) is 1. The van der Waals surface area contributed by atoms with E-state index in [1.807, 2.05) is 50.2 Å². The van der Waals surface area contributed by atoms with E-state index in [-0.39, 0.29) is 17.0 Å². The van der Waals surface area contributed by atoms with Crippen LogP contribution in [0.15, 0.2) is 77.8 Å². The molecule has 2 unspecified atom stereocenters. The maximum Gasteiger partial charge on any atom is 0.268 e. The maximum absolute atomic E-state index is 13.6. The molecule has 1 aromatic heterocycles. The summed E-state index contributed by atoms with van der Waals surface area (Å²) in [6.45, 7) is 7.51. The SMILES string of the molecule is Cc1ccc(S(=O)(=O)n2ccc3c(CN4CCC(O)CC4c4ccccc4)c(C)cc(C)c32)cc1. The molecule has 0 amide bonds. The first-order chi connectivity index (χ1) is 16.8. The molecule has 5 rings (SSSR count). The number of aliphatic hydroxyl groups excluding tert-OH is 1. The van der Waals surface area contributed by atoms with Crippen molar-refractivity contribution in [2.45, 2.75) is 57.2 Å². The summed E-state index contributed by atoms with van der Waals surface area (Å²) in [4.78, 5) is 2.71. The van der Waals surface area contributed by atoms with Gasteiger partial charge in [0, 0.05) is 30.7 Å². The van der Waals surface area contributed by atoms with E-state index >= 15 is 0 Å². The number of aliphatic hydroxyl groups is 1. The zero-order valence-electron chi connectivity index (χ0n) is 20.5. The Morgan fingerprint density at radius 1 is 0.943 bits per heavy atom. The average molecular weight is 489 g/mol. The maximum atomic E-state index is 13.6. The Balaban J connectivity index is 1.58. The molecule has 0 saturated carbocycles. The molecule has 2 atom stereocenters. The van der Waals surface area contributed by atoms with Crippen LogP contribution in [0.1, 0.15) is 46.7 Å². The Morgan fingerprint density at radius 2 is 1.66 bits per heavy atom. The van der Waals surface area contributed by atoms with Crippen molar-refractivity contribution in [1.82, 2.24) is 8.87 Å². The quantitative estimate of drug-likeness (QED) is 0.403. The standard InChI is InChI=1S/C29H32N2O3S/c1-20-9-11-25(12-10-20)35(33,34)31-16-14-26-27(21(2)17-22(3)29(26)31)19-30-15-13-24(32)18-28(30)23-7-5-4-6-8-23/h4-12,14,16-17,24,28,32H,13,15,18-19H2,1-3H3. The average Bonchev–Trinajstić information content (AvgIpc) is 3.30. The van der Waals surface area contributed by atoms with Crippen LogP contribution >= 0.6 is 0 Å². The fraction of sp³-hybridized carbons (Fsp3) is 0.310. The first-order valence-corrected chi connectivity index (χ1v) is 13.6. The lowest BCUT2D eigenvalue weighted by Gasteiger charge is -2.38. The monoisotopic (exact) mass is 488 g/mol. The van der Waals surface area contributed by atoms with Crippen molar-refractivity contribution in [3.8, 4) is 0 Å². The van der Waals surface area contributed by atoms with Crippen molar-refractivity contribution >= 4 is 20.9 Å². The molecule has 1 N–H and O–H groups in total. The largest absolute Gasteiger partial charge is 0.393 e. The van der Waals surface area contributed by atoms with E-state index in [0.29, 0.717) is 13.0 Å². The number of fused-ring (bicyclic) bond motifs is 1. The van der Waals surface area contributed by atoms with Crippen LogP contribution in [0.5, 0.6) is 0 Å². The molecule has 6 heteroatoms. The van der Waals surface area contributed by atoms with Crippen LogP contribution in [0.4, 0.5) is 0 Å². The van der Waals surface area contributed by atoms with Gasteiger partial charge in [0.1, 0.15) is 0 Å². The highest BCUT2D eigenvalue weighted by atomic mass is 32.2. The topological polar surface area (TPSA) is 62.5 Å². The summed E-state index contributed by atoms with van der Waals surface area (Å²) >= 11 is 0. The molecule has 0 spiro atoms. The van der Waals surface area contributed by atoms with Gasteiger partial charge in [-0.2, -0.15) is 0 Å². The van der Waals surface area contributed by atoms with Crippen LogP contribution in [-0.2, 0) is 16.6 Å². The van der Waals surface area contributed by atoms with Gasteiger partial charge in [0.15, 0.2) is 0 Å². The molecule has 0 aliphatic carbocycles. The Morgan fingerprint density at radius 3 is 2.37 bits per heavy atom. The normalized spacial score (nSPS) is 19.3. The van der Waals surface area contributed by atoms with Crippen LogP contribution < -0.4 is 0 Å². The smallest absolute Gasteiger partial charge is 0.268 e. The molecule has 4 aromatic rings. The second-order valence-electron chi connectivity index (χ2n) is 9.76. The van der Waals surface area contributed by atoms with Crippen LogP contribution in [-0.4, -0.2) is 35.0 Å². The summed E-state index contributed by atoms with van der Waals surface area (Å²) < 4.78 is 28.5. The molecule has 2 heterocycles. The van der Waals surface area contributed by atoms with Gasteiger partial charge < -0.3 is 5.11 Å². The number of hydrogen-bond acceptors (Lipinski definition) is 4. The van der Waals surface area contributed by atoms with E-state index in [9.17, 15) is 13.5 Å². The molecule has 35 heavy (non-hydrogen) atoms. The highest BCUT2D eigenvalue weighted by Gasteiger charge is 2.30. The fourth-order valence-electron chi connectivity index (χ4n) is 5.38. The molecule has 0 bridgehead atoms. The van der Waals surface area contributed by atoms with Crippen molar-refractivity contribution in [1.29, 1.82) is 0 Å². The third kappa shape index (κ3) is 4.42. The predicted molar refractivity (Wildman–Crippen MR) is 140 cm³/mol. The molecule has 5 nitrogen and oxygen atoms in total. The number of aryl methyl sites for hydroxylation is 3. The number of benzene rings is 3. The zero-order valence-corrected chi connectivity index (χ0v) is 21.3. The van der Waals surface area contributed by atoms with Gasteiger partial charge in [-0.25, -0.2) is 12.4 Å². The molecular weight excluding hydrogens is 456 g/mol. The lowest BCUT2D eigenvalue weighted by atomic mass is 9.91. The third-order valence-corrected chi connectivity index (χ3v) is 8.96. The highest BCUT2D eigenvalue weighted by molar-refractivity contribution is 7.90. The van der Waals surface area contributed by atoms with Crippen molar-refractivity contribution in [3.05, 3.63) is 101 Å². The van der Waals surface area contributed by atoms with Crippen molar-refractivity contribution < 1.29 is 13.5 Å². The third-order valence-electron chi connectivity index (χ3n) is 7.27. The summed E-state index contributed by atoms with van der Waals surface area (Å²) in [6.07, 6.45) is 2.81. The summed E-state index contributed by atoms with van der Waals surface area (Å²) in [5.41, 5.74) is 6.19. The van der Waals surface area contributed by atoms with E-state index in [1.165, 1.54) is 9.54 Å². The zero-order chi connectivity index (χ0) is 24.7. The molecular formula is C29H32N2O3S. The first kappa shape index (κ1) is 23.8. The molecule has 1 saturated heterocycles. The molecule has 3 aromatic carbocycles. The van der Waals surface area contributed by atoms with Crippen LogP contribution in [0.25, 0.3) is 10.9 Å². The van der Waals surface area contributed by atoms with Gasteiger partial charge in [0.25, 0.3) is 10.0 Å². The highest BCUT2D eigenvalue weighted by Crippen LogP contribution is 2.36.